The molecule has 1 fully saturated rings. The van der Waals surface area contributed by atoms with E-state index in [9.17, 15) is 4.79 Å². The summed E-state index contributed by atoms with van der Waals surface area (Å²) in [5.41, 5.74) is 1.13. The molecule has 2 aromatic rings. The number of nitrogens with zero attached hydrogens (tertiary/aromatic N) is 2. The lowest BCUT2D eigenvalue weighted by Gasteiger charge is -2.17. The van der Waals surface area contributed by atoms with Crippen molar-refractivity contribution in [2.45, 2.75) is 38.6 Å². The maximum atomic E-state index is 12.6. The summed E-state index contributed by atoms with van der Waals surface area (Å²) in [6.45, 7) is 0.865. The summed E-state index contributed by atoms with van der Waals surface area (Å²) in [4.78, 5) is 17.9. The van der Waals surface area contributed by atoms with E-state index in [1.54, 1.807) is 30.2 Å². The highest BCUT2D eigenvalue weighted by molar-refractivity contribution is 7.98. The van der Waals surface area contributed by atoms with Crippen LogP contribution < -0.4 is 9.54 Å². The molecule has 0 radical (unpaired) electrons. The van der Waals surface area contributed by atoms with Gasteiger partial charge in [-0.1, -0.05) is 30.6 Å². The molecule has 4 nitrogen and oxygen atoms in total. The van der Waals surface area contributed by atoms with Gasteiger partial charge in [-0.05, 0) is 37.3 Å². The van der Waals surface area contributed by atoms with E-state index in [1.807, 2.05) is 12.1 Å². The smallest absolute Gasteiger partial charge is 0.251 e. The Morgan fingerprint density at radius 3 is 2.88 bits per heavy atom. The zero-order valence-electron chi connectivity index (χ0n) is 14.3. The van der Waals surface area contributed by atoms with Crippen molar-refractivity contribution < 1.29 is 9.53 Å². The van der Waals surface area contributed by atoms with Crippen molar-refractivity contribution in [3.05, 3.63) is 23.0 Å². The number of ether oxygens (including phenoxy) is 1. The Hall–Kier alpha value is -1.27. The molecular formula is C18H24N2O2S2. The lowest BCUT2D eigenvalue weighted by molar-refractivity contribution is -0.122. The van der Waals surface area contributed by atoms with Crippen LogP contribution in [0.25, 0.3) is 10.2 Å². The van der Waals surface area contributed by atoms with Crippen LogP contribution in [-0.4, -0.2) is 29.6 Å². The van der Waals surface area contributed by atoms with Crippen LogP contribution in [0.2, 0.25) is 0 Å². The number of methoxy groups -OCH3 is 1. The van der Waals surface area contributed by atoms with Gasteiger partial charge in [0.2, 0.25) is 0 Å². The Labute approximate surface area is 150 Å². The van der Waals surface area contributed by atoms with Gasteiger partial charge in [0, 0.05) is 18.2 Å². The monoisotopic (exact) mass is 364 g/mol. The minimum atomic E-state index is 0.0612. The lowest BCUT2D eigenvalue weighted by atomic mass is 9.89. The van der Waals surface area contributed by atoms with Gasteiger partial charge in [0.25, 0.3) is 5.91 Å². The van der Waals surface area contributed by atoms with Gasteiger partial charge in [-0.15, -0.1) is 0 Å². The number of rotatable bonds is 5. The highest BCUT2D eigenvalue weighted by atomic mass is 32.2. The molecule has 1 aromatic heterocycles. The third-order valence-electron chi connectivity index (χ3n) is 4.57. The average molecular weight is 365 g/mol. The summed E-state index contributed by atoms with van der Waals surface area (Å²) >= 11 is 3.39. The first-order valence-corrected chi connectivity index (χ1v) is 10.7. The quantitative estimate of drug-likeness (QED) is 0.803. The van der Waals surface area contributed by atoms with E-state index in [1.165, 1.54) is 6.42 Å². The van der Waals surface area contributed by atoms with Crippen molar-refractivity contribution in [1.82, 2.24) is 4.57 Å². The van der Waals surface area contributed by atoms with E-state index >= 15 is 0 Å². The minimum absolute atomic E-state index is 0.0612. The number of benzene rings is 1. The minimum Gasteiger partial charge on any atom is -0.497 e. The molecule has 130 valence electrons. The van der Waals surface area contributed by atoms with Gasteiger partial charge in [0.15, 0.2) is 4.80 Å². The largest absolute Gasteiger partial charge is 0.497 e. The highest BCUT2D eigenvalue weighted by Gasteiger charge is 2.21. The van der Waals surface area contributed by atoms with Gasteiger partial charge in [-0.2, -0.15) is 16.8 Å². The fraction of sp³-hybridized carbons (Fsp3) is 0.556. The van der Waals surface area contributed by atoms with Gasteiger partial charge in [-0.3, -0.25) is 4.79 Å². The molecule has 1 saturated carbocycles. The third kappa shape index (κ3) is 3.86. The fourth-order valence-corrected chi connectivity index (χ4v) is 4.65. The van der Waals surface area contributed by atoms with Crippen molar-refractivity contribution >= 4 is 39.2 Å². The second-order valence-electron chi connectivity index (χ2n) is 6.15. The molecule has 1 amide bonds. The first-order valence-electron chi connectivity index (χ1n) is 8.48. The molecule has 0 spiro atoms. The Morgan fingerprint density at radius 2 is 2.17 bits per heavy atom. The van der Waals surface area contributed by atoms with Gasteiger partial charge in [-0.25, -0.2) is 0 Å². The number of amides is 1. The molecular weight excluding hydrogens is 340 g/mol. The molecule has 0 unspecified atom stereocenters. The number of thioether (sulfide) groups is 1. The van der Waals surface area contributed by atoms with E-state index < -0.39 is 0 Å². The Morgan fingerprint density at radius 1 is 1.38 bits per heavy atom. The summed E-state index contributed by atoms with van der Waals surface area (Å²) in [6.07, 6.45) is 7.64. The molecule has 0 saturated heterocycles. The van der Waals surface area contributed by atoms with Crippen LogP contribution in [0, 0.1) is 5.92 Å². The normalized spacial score (nSPS) is 16.7. The number of thiazole rings is 1. The second kappa shape index (κ2) is 8.21. The molecule has 6 heteroatoms. The summed E-state index contributed by atoms with van der Waals surface area (Å²) in [6, 6.07) is 6.06. The molecule has 1 heterocycles. The third-order valence-corrected chi connectivity index (χ3v) is 6.20. The SMILES string of the molecule is COc1ccc2c(c1)sc(=NC(=O)C1CCCCC1)n2CCSC. The lowest BCUT2D eigenvalue weighted by Crippen LogP contribution is -2.22. The van der Waals surface area contributed by atoms with Gasteiger partial charge < -0.3 is 9.30 Å². The summed E-state index contributed by atoms with van der Waals surface area (Å²) in [5, 5.41) is 0. The molecule has 1 aliphatic carbocycles. The number of fused-ring (bicyclic) bond motifs is 1. The molecule has 0 N–H and O–H groups in total. The van der Waals surface area contributed by atoms with E-state index in [2.05, 4.69) is 21.9 Å². The van der Waals surface area contributed by atoms with Gasteiger partial charge >= 0.3 is 0 Å². The molecule has 3 rings (SSSR count). The summed E-state index contributed by atoms with van der Waals surface area (Å²) < 4.78 is 8.62. The van der Waals surface area contributed by atoms with Crippen LogP contribution in [0.15, 0.2) is 23.2 Å². The predicted octanol–water partition coefficient (Wildman–Crippen LogP) is 4.08. The zero-order chi connectivity index (χ0) is 16.9. The molecule has 1 aliphatic rings. The van der Waals surface area contributed by atoms with E-state index in [0.717, 1.165) is 58.7 Å². The average Bonchev–Trinajstić information content (AvgIpc) is 2.96. The number of aryl methyl sites for hydroxylation is 1. The van der Waals surface area contributed by atoms with Crippen molar-refractivity contribution in [2.75, 3.05) is 19.1 Å². The fourth-order valence-electron chi connectivity index (χ4n) is 3.20. The molecule has 0 aliphatic heterocycles. The van der Waals surface area contributed by atoms with Gasteiger partial charge in [0.05, 0.1) is 17.3 Å². The summed E-state index contributed by atoms with van der Waals surface area (Å²) in [7, 11) is 1.68. The standard InChI is InChI=1S/C18H24N2O2S2/c1-22-14-8-9-15-16(12-14)24-18(20(15)10-11-23-2)19-17(21)13-6-4-3-5-7-13/h8-9,12-13H,3-7,10-11H2,1-2H3. The number of hydrogen-bond donors (Lipinski definition) is 0. The molecule has 1 aromatic carbocycles. The van der Waals surface area contributed by atoms with Crippen molar-refractivity contribution in [3.63, 3.8) is 0 Å². The number of hydrogen-bond acceptors (Lipinski definition) is 4. The van der Waals surface area contributed by atoms with Crippen molar-refractivity contribution in [1.29, 1.82) is 0 Å². The molecule has 0 bridgehead atoms. The van der Waals surface area contributed by atoms with Crippen LogP contribution >= 0.6 is 23.1 Å². The topological polar surface area (TPSA) is 43.6 Å². The zero-order valence-corrected chi connectivity index (χ0v) is 15.9. The maximum Gasteiger partial charge on any atom is 0.251 e. The first-order chi connectivity index (χ1) is 11.7. The van der Waals surface area contributed by atoms with E-state index in [4.69, 9.17) is 4.74 Å². The van der Waals surface area contributed by atoms with Crippen LogP contribution in [-0.2, 0) is 11.3 Å². The predicted molar refractivity (Wildman–Crippen MR) is 102 cm³/mol. The van der Waals surface area contributed by atoms with Crippen molar-refractivity contribution in [3.8, 4) is 5.75 Å². The van der Waals surface area contributed by atoms with Crippen LogP contribution in [0.3, 0.4) is 0 Å². The Bertz CT molecular complexity index is 773. The number of aromatic nitrogens is 1. The maximum absolute atomic E-state index is 12.6. The Kier molecular flexibility index (Phi) is 6.00. The first kappa shape index (κ1) is 17.5. The van der Waals surface area contributed by atoms with Gasteiger partial charge in [0.1, 0.15) is 5.75 Å². The Balaban J connectivity index is 2.00. The van der Waals surface area contributed by atoms with Crippen molar-refractivity contribution in [2.24, 2.45) is 10.9 Å². The highest BCUT2D eigenvalue weighted by Crippen LogP contribution is 2.26. The molecule has 0 atom stereocenters. The van der Waals surface area contributed by atoms with E-state index in [0.29, 0.717) is 0 Å². The van der Waals surface area contributed by atoms with Crippen LogP contribution in [0.4, 0.5) is 0 Å². The number of carbonyl (C=O) groups is 1. The molecule has 24 heavy (non-hydrogen) atoms. The van der Waals surface area contributed by atoms with Crippen LogP contribution in [0.1, 0.15) is 32.1 Å². The van der Waals surface area contributed by atoms with Crippen LogP contribution in [0.5, 0.6) is 5.75 Å². The second-order valence-corrected chi connectivity index (χ2v) is 8.14. The summed E-state index contributed by atoms with van der Waals surface area (Å²) in [5.74, 6) is 2.02. The van der Waals surface area contributed by atoms with E-state index in [-0.39, 0.29) is 11.8 Å². The number of carbonyl (C=O) groups excluding carboxylic acids is 1.